The van der Waals surface area contributed by atoms with Crippen LogP contribution in [-0.2, 0) is 4.79 Å². The number of non-ortho nitro benzene ring substituents is 1. The van der Waals surface area contributed by atoms with Gasteiger partial charge >= 0.3 is 6.01 Å². The first-order valence-electron chi connectivity index (χ1n) is 9.76. The monoisotopic (exact) mass is 447 g/mol. The van der Waals surface area contributed by atoms with Crippen molar-refractivity contribution in [3.05, 3.63) is 81.2 Å². The molecule has 1 aliphatic rings. The smallest absolute Gasteiger partial charge is 0.322 e. The van der Waals surface area contributed by atoms with Crippen LogP contribution in [0.1, 0.15) is 32.1 Å². The van der Waals surface area contributed by atoms with Gasteiger partial charge in [-0.25, -0.2) is 9.97 Å². The topological polar surface area (TPSA) is 145 Å². The van der Waals surface area contributed by atoms with E-state index in [1.807, 2.05) is 13.8 Å². The quantitative estimate of drug-likeness (QED) is 0.345. The van der Waals surface area contributed by atoms with E-state index in [4.69, 9.17) is 4.74 Å². The molecule has 3 aromatic rings. The number of nitro benzene ring substituents is 1. The maximum absolute atomic E-state index is 12.6. The van der Waals surface area contributed by atoms with E-state index >= 15 is 0 Å². The molecular formula is C22H17N5O6. The number of imide groups is 1. The molecule has 0 bridgehead atoms. The summed E-state index contributed by atoms with van der Waals surface area (Å²) < 4.78 is 5.66. The van der Waals surface area contributed by atoms with Crippen molar-refractivity contribution in [1.29, 1.82) is 0 Å². The minimum atomic E-state index is -0.766. The maximum atomic E-state index is 12.6. The molecule has 0 saturated heterocycles. The number of nitro groups is 1. The SMILES string of the molecule is Cc1cc(C)nc(Oc2cccc(NC(=O)CN3C(=O)c4ccc([N+](=O)[O-])cc4C3=O)c2)n1. The molecule has 1 N–H and O–H groups in total. The summed E-state index contributed by atoms with van der Waals surface area (Å²) in [6.07, 6.45) is 0. The van der Waals surface area contributed by atoms with Crippen LogP contribution in [0, 0.1) is 24.0 Å². The van der Waals surface area contributed by atoms with Gasteiger partial charge in [-0.2, -0.15) is 0 Å². The second kappa shape index (κ2) is 8.46. The van der Waals surface area contributed by atoms with Gasteiger partial charge in [0.25, 0.3) is 17.5 Å². The second-order valence-electron chi connectivity index (χ2n) is 7.29. The minimum Gasteiger partial charge on any atom is -0.424 e. The first kappa shape index (κ1) is 21.6. The largest absolute Gasteiger partial charge is 0.424 e. The molecule has 166 valence electrons. The summed E-state index contributed by atoms with van der Waals surface area (Å²) in [6.45, 7) is 3.08. The maximum Gasteiger partial charge on any atom is 0.322 e. The molecule has 2 heterocycles. The molecule has 4 rings (SSSR count). The highest BCUT2D eigenvalue weighted by Crippen LogP contribution is 2.27. The standard InChI is InChI=1S/C22H17N5O6/c1-12-8-13(2)24-22(23-12)33-16-5-3-4-14(9-16)25-19(28)11-26-20(29)17-7-6-15(27(31)32)10-18(17)21(26)30/h3-10H,11H2,1-2H3,(H,25,28). The van der Waals surface area contributed by atoms with Crippen molar-refractivity contribution in [1.82, 2.24) is 14.9 Å². The Morgan fingerprint density at radius 1 is 1.03 bits per heavy atom. The number of aromatic nitrogens is 2. The van der Waals surface area contributed by atoms with Crippen LogP contribution >= 0.6 is 0 Å². The van der Waals surface area contributed by atoms with Crippen LogP contribution in [-0.4, -0.2) is 44.1 Å². The summed E-state index contributed by atoms with van der Waals surface area (Å²) in [4.78, 5) is 57.0. The van der Waals surface area contributed by atoms with Crippen molar-refractivity contribution >= 4 is 29.1 Å². The molecule has 0 aliphatic carbocycles. The summed E-state index contributed by atoms with van der Waals surface area (Å²) in [5.74, 6) is -1.70. The third kappa shape index (κ3) is 4.51. The molecule has 0 fully saturated rings. The van der Waals surface area contributed by atoms with Gasteiger partial charge in [-0.15, -0.1) is 0 Å². The Morgan fingerprint density at radius 3 is 2.42 bits per heavy atom. The number of hydrogen-bond donors (Lipinski definition) is 1. The lowest BCUT2D eigenvalue weighted by molar-refractivity contribution is -0.384. The van der Waals surface area contributed by atoms with Gasteiger partial charge in [0, 0.05) is 35.3 Å². The van der Waals surface area contributed by atoms with E-state index in [0.717, 1.165) is 28.4 Å². The van der Waals surface area contributed by atoms with Crippen LogP contribution in [0.5, 0.6) is 11.8 Å². The Morgan fingerprint density at radius 2 is 1.73 bits per heavy atom. The Hall–Kier alpha value is -4.67. The lowest BCUT2D eigenvalue weighted by Crippen LogP contribution is -2.37. The van der Waals surface area contributed by atoms with Gasteiger partial charge in [-0.05, 0) is 38.1 Å². The summed E-state index contributed by atoms with van der Waals surface area (Å²) >= 11 is 0. The molecule has 0 spiro atoms. The van der Waals surface area contributed by atoms with Gasteiger partial charge in [0.15, 0.2) is 0 Å². The average molecular weight is 447 g/mol. The number of carbonyl (C=O) groups excluding carboxylic acids is 3. The highest BCUT2D eigenvalue weighted by molar-refractivity contribution is 6.23. The summed E-state index contributed by atoms with van der Waals surface area (Å²) in [6, 6.07) is 11.8. The molecule has 1 aromatic heterocycles. The Kier molecular flexibility index (Phi) is 5.53. The fourth-order valence-electron chi connectivity index (χ4n) is 3.36. The van der Waals surface area contributed by atoms with Crippen LogP contribution in [0.4, 0.5) is 11.4 Å². The van der Waals surface area contributed by atoms with Gasteiger partial charge in [0.1, 0.15) is 12.3 Å². The predicted molar refractivity (Wildman–Crippen MR) is 115 cm³/mol. The van der Waals surface area contributed by atoms with Gasteiger partial charge in [0.2, 0.25) is 5.91 Å². The van der Waals surface area contributed by atoms with Gasteiger partial charge in [-0.1, -0.05) is 6.07 Å². The summed E-state index contributed by atoms with van der Waals surface area (Å²) in [5.41, 5.74) is 1.45. The van der Waals surface area contributed by atoms with Crippen molar-refractivity contribution in [3.8, 4) is 11.8 Å². The van der Waals surface area contributed by atoms with Gasteiger partial charge in [0.05, 0.1) is 16.1 Å². The zero-order valence-electron chi connectivity index (χ0n) is 17.6. The van der Waals surface area contributed by atoms with Crippen molar-refractivity contribution < 1.29 is 24.0 Å². The van der Waals surface area contributed by atoms with E-state index in [2.05, 4.69) is 15.3 Å². The molecule has 3 amide bonds. The van der Waals surface area contributed by atoms with Crippen LogP contribution in [0.25, 0.3) is 0 Å². The Labute approximate surface area is 187 Å². The number of hydrogen-bond acceptors (Lipinski definition) is 8. The molecule has 1 aliphatic heterocycles. The Balaban J connectivity index is 1.45. The van der Waals surface area contributed by atoms with E-state index < -0.39 is 29.2 Å². The van der Waals surface area contributed by atoms with Gasteiger partial charge < -0.3 is 10.1 Å². The number of nitrogens with one attached hydrogen (secondary N) is 1. The molecular weight excluding hydrogens is 430 g/mol. The van der Waals surface area contributed by atoms with Crippen LogP contribution in [0.15, 0.2) is 48.5 Å². The zero-order valence-corrected chi connectivity index (χ0v) is 17.6. The first-order valence-corrected chi connectivity index (χ1v) is 9.76. The lowest BCUT2D eigenvalue weighted by atomic mass is 10.1. The first-order chi connectivity index (χ1) is 15.7. The van der Waals surface area contributed by atoms with Crippen molar-refractivity contribution in [2.75, 3.05) is 11.9 Å². The molecule has 11 nitrogen and oxygen atoms in total. The third-order valence-corrected chi connectivity index (χ3v) is 4.76. The second-order valence-corrected chi connectivity index (χ2v) is 7.29. The molecule has 2 aromatic carbocycles. The number of anilines is 1. The fourth-order valence-corrected chi connectivity index (χ4v) is 3.36. The van der Waals surface area contributed by atoms with Gasteiger partial charge in [-0.3, -0.25) is 29.4 Å². The zero-order chi connectivity index (χ0) is 23.7. The normalized spacial score (nSPS) is 12.5. The van der Waals surface area contributed by atoms with E-state index in [1.54, 1.807) is 30.3 Å². The van der Waals surface area contributed by atoms with Crippen LogP contribution in [0.2, 0.25) is 0 Å². The van der Waals surface area contributed by atoms with E-state index in [0.29, 0.717) is 11.4 Å². The molecule has 33 heavy (non-hydrogen) atoms. The number of rotatable bonds is 6. The molecule has 0 unspecified atom stereocenters. The minimum absolute atomic E-state index is 0.0160. The molecule has 11 heteroatoms. The number of benzene rings is 2. The van der Waals surface area contributed by atoms with E-state index in [9.17, 15) is 24.5 Å². The van der Waals surface area contributed by atoms with E-state index in [-0.39, 0.29) is 22.8 Å². The average Bonchev–Trinajstić information content (AvgIpc) is 2.97. The number of carbonyl (C=O) groups is 3. The third-order valence-electron chi connectivity index (χ3n) is 4.76. The number of fused-ring (bicyclic) bond motifs is 1. The van der Waals surface area contributed by atoms with Crippen LogP contribution in [0.3, 0.4) is 0 Å². The fraction of sp³-hybridized carbons (Fsp3) is 0.136. The summed E-state index contributed by atoms with van der Waals surface area (Å²) in [7, 11) is 0. The highest BCUT2D eigenvalue weighted by Gasteiger charge is 2.37. The highest BCUT2D eigenvalue weighted by atomic mass is 16.6. The number of ether oxygens (including phenoxy) is 1. The number of nitrogens with zero attached hydrogens (tertiary/aromatic N) is 4. The number of amides is 3. The van der Waals surface area contributed by atoms with E-state index in [1.165, 1.54) is 6.07 Å². The van der Waals surface area contributed by atoms with Crippen LogP contribution < -0.4 is 10.1 Å². The predicted octanol–water partition coefficient (Wildman–Crippen LogP) is 3.03. The molecule has 0 radical (unpaired) electrons. The lowest BCUT2D eigenvalue weighted by Gasteiger charge is -2.14. The van der Waals surface area contributed by atoms with Crippen molar-refractivity contribution in [2.24, 2.45) is 0 Å². The van der Waals surface area contributed by atoms with Crippen molar-refractivity contribution in [2.45, 2.75) is 13.8 Å². The number of aryl methyl sites for hydroxylation is 2. The van der Waals surface area contributed by atoms with Crippen molar-refractivity contribution in [3.63, 3.8) is 0 Å². The molecule has 0 saturated carbocycles. The Bertz CT molecular complexity index is 1300. The summed E-state index contributed by atoms with van der Waals surface area (Å²) in [5, 5.41) is 13.5. The molecule has 0 atom stereocenters.